The van der Waals surface area contributed by atoms with Gasteiger partial charge in [0.05, 0.1) is 6.61 Å². The Bertz CT molecular complexity index is 198. The van der Waals surface area contributed by atoms with Gasteiger partial charge in [0.1, 0.15) is 0 Å². The van der Waals surface area contributed by atoms with E-state index < -0.39 is 0 Å². The summed E-state index contributed by atoms with van der Waals surface area (Å²) in [7, 11) is 0. The number of hydrogen-bond acceptors (Lipinski definition) is 2. The summed E-state index contributed by atoms with van der Waals surface area (Å²) in [5, 5.41) is 0. The highest BCUT2D eigenvalue weighted by Gasteiger charge is 2.08. The fraction of sp³-hybridized carbons (Fsp3) is 0.500. The molecule has 12 heavy (non-hydrogen) atoms. The quantitative estimate of drug-likeness (QED) is 0.271. The molecule has 0 atom stereocenters. The van der Waals surface area contributed by atoms with Crippen molar-refractivity contribution < 1.29 is 9.53 Å². The average Bonchev–Trinajstić information content (AvgIpc) is 2.87. The van der Waals surface area contributed by atoms with Crippen molar-refractivity contribution in [3.05, 3.63) is 24.3 Å². The van der Waals surface area contributed by atoms with E-state index in [-0.39, 0.29) is 5.97 Å². The van der Waals surface area contributed by atoms with E-state index in [4.69, 9.17) is 4.74 Å². The molecule has 0 aromatic rings. The monoisotopic (exact) mass is 166 g/mol. The van der Waals surface area contributed by atoms with Gasteiger partial charge in [0, 0.05) is 6.08 Å². The van der Waals surface area contributed by atoms with Crippen LogP contribution in [0, 0.1) is 0 Å². The predicted octanol–water partition coefficient (Wildman–Crippen LogP) is 2.22. The SMILES string of the molecule is C=CC(=O)OCCCC=C1CC1. The molecular formula is C10H14O2. The lowest BCUT2D eigenvalue weighted by atomic mass is 10.3. The van der Waals surface area contributed by atoms with E-state index in [2.05, 4.69) is 12.7 Å². The zero-order chi connectivity index (χ0) is 8.81. The Morgan fingerprint density at radius 1 is 1.58 bits per heavy atom. The second-order valence-corrected chi connectivity index (χ2v) is 2.88. The molecular weight excluding hydrogens is 152 g/mol. The summed E-state index contributed by atoms with van der Waals surface area (Å²) < 4.78 is 4.81. The third kappa shape index (κ3) is 3.96. The first kappa shape index (κ1) is 9.04. The van der Waals surface area contributed by atoms with E-state index in [1.54, 1.807) is 5.57 Å². The van der Waals surface area contributed by atoms with Crippen molar-refractivity contribution in [3.63, 3.8) is 0 Å². The molecule has 1 saturated carbocycles. The minimum absolute atomic E-state index is 0.325. The Labute approximate surface area is 72.9 Å². The normalized spacial score (nSPS) is 13.8. The predicted molar refractivity (Wildman–Crippen MR) is 47.7 cm³/mol. The summed E-state index contributed by atoms with van der Waals surface area (Å²) in [6, 6.07) is 0. The largest absolute Gasteiger partial charge is 0.463 e. The standard InChI is InChI=1S/C10H14O2/c1-2-10(11)12-8-4-3-5-9-6-7-9/h2,5H,1,3-4,6-8H2. The van der Waals surface area contributed by atoms with Gasteiger partial charge in [0.25, 0.3) is 0 Å². The van der Waals surface area contributed by atoms with Crippen LogP contribution in [-0.4, -0.2) is 12.6 Å². The maximum Gasteiger partial charge on any atom is 0.330 e. The number of esters is 1. The molecule has 0 radical (unpaired) electrons. The van der Waals surface area contributed by atoms with Gasteiger partial charge in [-0.1, -0.05) is 18.2 Å². The Balaban J connectivity index is 1.91. The van der Waals surface area contributed by atoms with E-state index in [0.717, 1.165) is 12.8 Å². The molecule has 0 aliphatic heterocycles. The topological polar surface area (TPSA) is 26.3 Å². The van der Waals surface area contributed by atoms with E-state index in [9.17, 15) is 4.79 Å². The third-order valence-corrected chi connectivity index (χ3v) is 1.73. The van der Waals surface area contributed by atoms with E-state index >= 15 is 0 Å². The lowest BCUT2D eigenvalue weighted by Gasteiger charge is -1.98. The number of unbranched alkanes of at least 4 members (excludes halogenated alkanes) is 1. The van der Waals surface area contributed by atoms with E-state index in [1.165, 1.54) is 18.9 Å². The van der Waals surface area contributed by atoms with E-state index in [0.29, 0.717) is 6.61 Å². The molecule has 0 aromatic carbocycles. The highest BCUT2D eigenvalue weighted by Crippen LogP contribution is 2.27. The highest BCUT2D eigenvalue weighted by atomic mass is 16.5. The van der Waals surface area contributed by atoms with Crippen molar-refractivity contribution in [1.82, 2.24) is 0 Å². The van der Waals surface area contributed by atoms with Gasteiger partial charge < -0.3 is 4.74 Å². The van der Waals surface area contributed by atoms with Gasteiger partial charge >= 0.3 is 5.97 Å². The summed E-state index contributed by atoms with van der Waals surface area (Å²) in [6.45, 7) is 3.82. The van der Waals surface area contributed by atoms with Gasteiger partial charge in [-0.15, -0.1) is 0 Å². The highest BCUT2D eigenvalue weighted by molar-refractivity contribution is 5.81. The molecule has 0 aromatic heterocycles. The van der Waals surface area contributed by atoms with Crippen LogP contribution in [0.15, 0.2) is 24.3 Å². The van der Waals surface area contributed by atoms with Gasteiger partial charge in [-0.25, -0.2) is 4.79 Å². The van der Waals surface area contributed by atoms with Gasteiger partial charge in [-0.05, 0) is 25.7 Å². The van der Waals surface area contributed by atoms with E-state index in [1.807, 2.05) is 0 Å². The molecule has 0 heterocycles. The van der Waals surface area contributed by atoms with Crippen molar-refractivity contribution in [3.8, 4) is 0 Å². The molecule has 2 nitrogen and oxygen atoms in total. The van der Waals surface area contributed by atoms with Crippen LogP contribution in [0.2, 0.25) is 0 Å². The molecule has 1 aliphatic rings. The Hall–Kier alpha value is -1.05. The van der Waals surface area contributed by atoms with Crippen LogP contribution >= 0.6 is 0 Å². The average molecular weight is 166 g/mol. The van der Waals surface area contributed by atoms with Crippen molar-refractivity contribution in [2.75, 3.05) is 6.61 Å². The summed E-state index contributed by atoms with van der Waals surface area (Å²) in [4.78, 5) is 10.6. The number of carbonyl (C=O) groups excluding carboxylic acids is 1. The van der Waals surface area contributed by atoms with Gasteiger partial charge in [-0.2, -0.15) is 0 Å². The number of allylic oxidation sites excluding steroid dienone is 2. The summed E-state index contributed by atoms with van der Waals surface area (Å²) in [6.07, 6.45) is 7.92. The van der Waals surface area contributed by atoms with Crippen LogP contribution in [0.5, 0.6) is 0 Å². The van der Waals surface area contributed by atoms with Crippen molar-refractivity contribution in [2.45, 2.75) is 25.7 Å². The zero-order valence-corrected chi connectivity index (χ0v) is 7.21. The molecule has 0 bridgehead atoms. The lowest BCUT2D eigenvalue weighted by Crippen LogP contribution is -2.00. The minimum Gasteiger partial charge on any atom is -0.463 e. The molecule has 0 N–H and O–H groups in total. The fourth-order valence-corrected chi connectivity index (χ4v) is 0.897. The number of carbonyl (C=O) groups is 1. The molecule has 0 saturated heterocycles. The molecule has 1 fully saturated rings. The summed E-state index contributed by atoms with van der Waals surface area (Å²) in [5.74, 6) is -0.325. The smallest absolute Gasteiger partial charge is 0.330 e. The fourth-order valence-electron chi connectivity index (χ4n) is 0.897. The van der Waals surface area contributed by atoms with Gasteiger partial charge in [-0.3, -0.25) is 0 Å². The molecule has 66 valence electrons. The first-order valence-electron chi connectivity index (χ1n) is 4.30. The maximum atomic E-state index is 10.6. The Kier molecular flexibility index (Phi) is 3.58. The number of rotatable bonds is 5. The van der Waals surface area contributed by atoms with Crippen LogP contribution in [0.4, 0.5) is 0 Å². The number of hydrogen-bond donors (Lipinski definition) is 0. The molecule has 0 spiro atoms. The molecule has 2 heteroatoms. The van der Waals surface area contributed by atoms with Crippen LogP contribution in [0.25, 0.3) is 0 Å². The van der Waals surface area contributed by atoms with Crippen molar-refractivity contribution in [2.24, 2.45) is 0 Å². The lowest BCUT2D eigenvalue weighted by molar-refractivity contribution is -0.137. The maximum absolute atomic E-state index is 10.6. The summed E-state index contributed by atoms with van der Waals surface area (Å²) in [5.41, 5.74) is 1.55. The Morgan fingerprint density at radius 2 is 2.33 bits per heavy atom. The minimum atomic E-state index is -0.325. The first-order chi connectivity index (χ1) is 5.83. The van der Waals surface area contributed by atoms with Crippen molar-refractivity contribution in [1.29, 1.82) is 0 Å². The van der Waals surface area contributed by atoms with Crippen molar-refractivity contribution >= 4 is 5.97 Å². The summed E-state index contributed by atoms with van der Waals surface area (Å²) >= 11 is 0. The van der Waals surface area contributed by atoms with Crippen LogP contribution in [-0.2, 0) is 9.53 Å². The second kappa shape index (κ2) is 4.75. The molecule has 0 unspecified atom stereocenters. The first-order valence-corrected chi connectivity index (χ1v) is 4.30. The zero-order valence-electron chi connectivity index (χ0n) is 7.21. The van der Waals surface area contributed by atoms with Gasteiger partial charge in [0.2, 0.25) is 0 Å². The number of ether oxygens (including phenoxy) is 1. The molecule has 0 amide bonds. The van der Waals surface area contributed by atoms with Crippen LogP contribution < -0.4 is 0 Å². The molecule has 1 rings (SSSR count). The Morgan fingerprint density at radius 3 is 2.92 bits per heavy atom. The van der Waals surface area contributed by atoms with Crippen LogP contribution in [0.3, 0.4) is 0 Å². The molecule has 1 aliphatic carbocycles. The second-order valence-electron chi connectivity index (χ2n) is 2.88. The van der Waals surface area contributed by atoms with Crippen LogP contribution in [0.1, 0.15) is 25.7 Å². The van der Waals surface area contributed by atoms with Gasteiger partial charge in [0.15, 0.2) is 0 Å². The third-order valence-electron chi connectivity index (χ3n) is 1.73.